The van der Waals surface area contributed by atoms with Crippen LogP contribution in [0.2, 0.25) is 0 Å². The molecule has 4 aromatic rings. The molecular formula is C50H48F6N4O8S. The van der Waals surface area contributed by atoms with Crippen LogP contribution in [0.5, 0.6) is 11.5 Å². The fourth-order valence-electron chi connectivity index (χ4n) is 8.78. The highest BCUT2D eigenvalue weighted by Crippen LogP contribution is 2.52. The van der Waals surface area contributed by atoms with Crippen molar-refractivity contribution < 1.29 is 65.1 Å². The molecule has 4 aromatic carbocycles. The Morgan fingerprint density at radius 1 is 0.609 bits per heavy atom. The minimum absolute atomic E-state index is 0.0299. The molecule has 69 heavy (non-hydrogen) atoms. The van der Waals surface area contributed by atoms with Crippen LogP contribution in [0, 0.1) is 0 Å². The number of carbonyl (C=O) groups is 4. The Kier molecular flexibility index (Phi) is 15.3. The molecule has 19 heteroatoms. The Morgan fingerprint density at radius 2 is 1.04 bits per heavy atom. The van der Waals surface area contributed by atoms with Gasteiger partial charge < -0.3 is 30.2 Å². The third-order valence-corrected chi connectivity index (χ3v) is 13.2. The third-order valence-electron chi connectivity index (χ3n) is 12.1. The van der Waals surface area contributed by atoms with Crippen molar-refractivity contribution in [2.45, 2.75) is 73.5 Å². The van der Waals surface area contributed by atoms with Crippen LogP contribution in [0.3, 0.4) is 0 Å². The maximum Gasteiger partial charge on any atom is 0.418 e. The average Bonchev–Trinajstić information content (AvgIpc) is 3.95. The van der Waals surface area contributed by atoms with E-state index in [1.54, 1.807) is 9.80 Å². The molecule has 0 aromatic heterocycles. The first kappa shape index (κ1) is 49.1. The minimum Gasteiger partial charge on any atom is -0.352 e. The van der Waals surface area contributed by atoms with Crippen molar-refractivity contribution in [3.05, 3.63) is 106 Å². The predicted octanol–water partition coefficient (Wildman–Crippen LogP) is 9.23. The molecule has 12 nitrogen and oxygen atoms in total. The monoisotopic (exact) mass is 978 g/mol. The second kappa shape index (κ2) is 21.5. The molecule has 0 radical (unpaired) electrons. The van der Waals surface area contributed by atoms with Crippen molar-refractivity contribution in [1.82, 2.24) is 20.4 Å². The van der Waals surface area contributed by atoms with Gasteiger partial charge in [-0.1, -0.05) is 36.0 Å². The molecule has 0 spiro atoms. The topological polar surface area (TPSA) is 136 Å². The van der Waals surface area contributed by atoms with Gasteiger partial charge in [-0.2, -0.15) is 36.1 Å². The maximum absolute atomic E-state index is 15.8. The lowest BCUT2D eigenvalue weighted by Gasteiger charge is -2.24. The molecule has 4 aliphatic heterocycles. The van der Waals surface area contributed by atoms with Crippen LogP contribution in [0.15, 0.2) is 82.6 Å². The summed E-state index contributed by atoms with van der Waals surface area (Å²) in [6, 6.07) is 13.5. The lowest BCUT2D eigenvalue weighted by molar-refractivity contribution is -0.215. The molecule has 2 saturated heterocycles. The second-order valence-electron chi connectivity index (χ2n) is 16.8. The molecule has 0 atom stereocenters. The Balaban J connectivity index is 1.17. The molecular weight excluding hydrogens is 931 g/mol. The molecule has 8 rings (SSSR count). The summed E-state index contributed by atoms with van der Waals surface area (Å²) in [7, 11) is 0. The van der Waals surface area contributed by atoms with E-state index in [9.17, 15) is 19.2 Å². The molecule has 2 fully saturated rings. The zero-order valence-electron chi connectivity index (χ0n) is 37.2. The van der Waals surface area contributed by atoms with E-state index in [0.717, 1.165) is 37.1 Å². The standard InChI is InChI=1S/C50H48F6N4O8S/c51-49(52,53)47-39(15-9-31(45(47)35-7-13-37-33(29-35)19-27-65-67-37)11-17-41(61)57-21-3-25-59-23-1-5-43(59)63)69-40-16-10-32(12-18-42(62)58-22-4-26-60-24-2-6-44(60)64)46(48(40)50(54,55)56)36-8-14-38-34(30-36)20-28-66-68-38/h7-18,29-30H,1-6,19-28H2,(H,57,61)(H,58,62). The minimum atomic E-state index is -5.13. The zero-order valence-corrected chi connectivity index (χ0v) is 38.0. The summed E-state index contributed by atoms with van der Waals surface area (Å²) in [5.74, 6) is -0.522. The summed E-state index contributed by atoms with van der Waals surface area (Å²) in [6.45, 7) is 2.85. The van der Waals surface area contributed by atoms with E-state index in [1.807, 2.05) is 0 Å². The van der Waals surface area contributed by atoms with Gasteiger partial charge in [-0.15, -0.1) is 0 Å². The normalized spacial score (nSPS) is 16.2. The molecule has 4 aliphatic rings. The first-order chi connectivity index (χ1) is 33.1. The lowest BCUT2D eigenvalue weighted by Crippen LogP contribution is -2.29. The maximum atomic E-state index is 15.8. The van der Waals surface area contributed by atoms with E-state index in [1.165, 1.54) is 60.7 Å². The molecule has 0 unspecified atom stereocenters. The van der Waals surface area contributed by atoms with Gasteiger partial charge in [-0.3, -0.25) is 19.2 Å². The fraction of sp³-hybridized carbons (Fsp3) is 0.360. The first-order valence-electron chi connectivity index (χ1n) is 22.6. The summed E-state index contributed by atoms with van der Waals surface area (Å²) in [6.07, 6.45) is -1.59. The molecule has 4 heterocycles. The smallest absolute Gasteiger partial charge is 0.352 e. The number of fused-ring (bicyclic) bond motifs is 2. The van der Waals surface area contributed by atoms with Crippen molar-refractivity contribution in [3.8, 4) is 33.8 Å². The van der Waals surface area contributed by atoms with E-state index < -0.39 is 45.1 Å². The van der Waals surface area contributed by atoms with Crippen molar-refractivity contribution in [2.75, 3.05) is 52.5 Å². The summed E-state index contributed by atoms with van der Waals surface area (Å²) in [5, 5.41) is 5.40. The van der Waals surface area contributed by atoms with Gasteiger partial charge in [-0.05, 0) is 96.5 Å². The molecule has 0 bridgehead atoms. The third kappa shape index (κ3) is 11.9. The van der Waals surface area contributed by atoms with Crippen LogP contribution in [-0.2, 0) is 54.1 Å². The van der Waals surface area contributed by atoms with Gasteiger partial charge in [0.25, 0.3) is 0 Å². The Hall–Kier alpha value is -6.31. The van der Waals surface area contributed by atoms with E-state index in [0.29, 0.717) is 99.1 Å². The molecule has 4 amide bonds. The van der Waals surface area contributed by atoms with Crippen LogP contribution in [0.1, 0.15) is 71.9 Å². The van der Waals surface area contributed by atoms with Crippen molar-refractivity contribution in [2.24, 2.45) is 0 Å². The molecule has 364 valence electrons. The van der Waals surface area contributed by atoms with Gasteiger partial charge in [0, 0.05) is 109 Å². The predicted molar refractivity (Wildman–Crippen MR) is 243 cm³/mol. The number of likely N-dealkylation sites (tertiary alicyclic amines) is 2. The number of halogens is 6. The Morgan fingerprint density at radius 3 is 1.43 bits per heavy atom. The lowest BCUT2D eigenvalue weighted by atomic mass is 9.91. The largest absolute Gasteiger partial charge is 0.418 e. The van der Waals surface area contributed by atoms with Gasteiger partial charge in [0.1, 0.15) is 0 Å². The molecule has 0 saturated carbocycles. The van der Waals surface area contributed by atoms with Crippen LogP contribution >= 0.6 is 11.8 Å². The van der Waals surface area contributed by atoms with E-state index in [2.05, 4.69) is 10.6 Å². The van der Waals surface area contributed by atoms with Crippen molar-refractivity contribution >= 4 is 47.5 Å². The molecule has 2 N–H and O–H groups in total. The SMILES string of the molecule is O=C(C=Cc1ccc(Sc2ccc(C=CC(=O)NCCCN3CCCC3=O)c(-c3ccc4c(c3)CCOO4)c2C(F)(F)F)c(C(F)(F)F)c1-c1ccc2c(c1)CCOO2)NCCCN1CCCC1=O. The van der Waals surface area contributed by atoms with Gasteiger partial charge in [0.15, 0.2) is 11.5 Å². The fourth-order valence-corrected chi connectivity index (χ4v) is 9.93. The zero-order chi connectivity index (χ0) is 48.7. The van der Waals surface area contributed by atoms with Gasteiger partial charge >= 0.3 is 12.4 Å². The highest BCUT2D eigenvalue weighted by molar-refractivity contribution is 7.99. The number of nitrogens with one attached hydrogen (secondary N) is 2. The number of alkyl halides is 6. The second-order valence-corrected chi connectivity index (χ2v) is 17.9. The number of hydrogen-bond acceptors (Lipinski definition) is 9. The van der Waals surface area contributed by atoms with Gasteiger partial charge in [0.05, 0.1) is 24.3 Å². The summed E-state index contributed by atoms with van der Waals surface area (Å²) in [5.41, 5.74) is -2.04. The average molecular weight is 979 g/mol. The number of nitrogens with zero attached hydrogens (tertiary/aromatic N) is 2. The van der Waals surface area contributed by atoms with E-state index >= 15 is 26.3 Å². The molecule has 0 aliphatic carbocycles. The quantitative estimate of drug-likeness (QED) is 0.0488. The number of rotatable bonds is 16. The Labute approximate surface area is 397 Å². The summed E-state index contributed by atoms with van der Waals surface area (Å²) in [4.78, 5) is 72.9. The number of amides is 4. The van der Waals surface area contributed by atoms with Crippen LogP contribution in [-0.4, -0.2) is 85.9 Å². The van der Waals surface area contributed by atoms with E-state index in [-0.39, 0.29) is 71.5 Å². The van der Waals surface area contributed by atoms with Crippen LogP contribution in [0.4, 0.5) is 26.3 Å². The van der Waals surface area contributed by atoms with E-state index in [4.69, 9.17) is 19.6 Å². The van der Waals surface area contributed by atoms with Crippen molar-refractivity contribution in [1.29, 1.82) is 0 Å². The van der Waals surface area contributed by atoms with Crippen LogP contribution < -0.4 is 20.4 Å². The number of carbonyl (C=O) groups excluding carboxylic acids is 4. The van der Waals surface area contributed by atoms with Gasteiger partial charge in [-0.25, -0.2) is 0 Å². The first-order valence-corrected chi connectivity index (χ1v) is 23.4. The van der Waals surface area contributed by atoms with Crippen LogP contribution in [0.25, 0.3) is 34.4 Å². The Bertz CT molecular complexity index is 2490. The summed E-state index contributed by atoms with van der Waals surface area (Å²) >= 11 is 0.292. The number of hydrogen-bond donors (Lipinski definition) is 2. The highest BCUT2D eigenvalue weighted by Gasteiger charge is 2.41. The summed E-state index contributed by atoms with van der Waals surface area (Å²) < 4.78 is 94.6. The van der Waals surface area contributed by atoms with Crippen molar-refractivity contribution in [3.63, 3.8) is 0 Å². The highest BCUT2D eigenvalue weighted by atomic mass is 32.2. The van der Waals surface area contributed by atoms with Gasteiger partial charge in [0.2, 0.25) is 23.6 Å². The number of benzene rings is 4.